The summed E-state index contributed by atoms with van der Waals surface area (Å²) in [5, 5.41) is 12.3. The fourth-order valence-electron chi connectivity index (χ4n) is 3.74. The smallest absolute Gasteiger partial charge is 0.337 e. The van der Waals surface area contributed by atoms with Gasteiger partial charge in [0.2, 0.25) is 5.91 Å². The van der Waals surface area contributed by atoms with E-state index in [1.807, 2.05) is 24.3 Å². The first-order chi connectivity index (χ1) is 14.0. The Bertz CT molecular complexity index is 830. The third-order valence-electron chi connectivity index (χ3n) is 5.36. The van der Waals surface area contributed by atoms with Crippen LogP contribution < -0.4 is 16.0 Å². The number of ether oxygens (including phenoxy) is 1. The van der Waals surface area contributed by atoms with Crippen LogP contribution in [0.4, 0.5) is 11.4 Å². The van der Waals surface area contributed by atoms with Crippen LogP contribution in [0.5, 0.6) is 0 Å². The fourth-order valence-corrected chi connectivity index (χ4v) is 3.74. The Morgan fingerprint density at radius 3 is 2.59 bits per heavy atom. The minimum atomic E-state index is -0.582. The molecule has 0 aromatic heterocycles. The van der Waals surface area contributed by atoms with Crippen molar-refractivity contribution in [3.05, 3.63) is 35.5 Å². The molecule has 2 aliphatic heterocycles. The van der Waals surface area contributed by atoms with E-state index in [1.165, 1.54) is 12.0 Å². The van der Waals surface area contributed by atoms with Gasteiger partial charge in [0.1, 0.15) is 5.70 Å². The van der Waals surface area contributed by atoms with E-state index in [0.29, 0.717) is 31.6 Å². The number of carbonyl (C=O) groups is 3. The van der Waals surface area contributed by atoms with E-state index in [2.05, 4.69) is 10.2 Å². The molecule has 0 saturated carbocycles. The predicted molar refractivity (Wildman–Crippen MR) is 107 cm³/mol. The lowest BCUT2D eigenvalue weighted by Crippen LogP contribution is -2.38. The number of methoxy groups -OCH3 is 1. The molecule has 0 bridgehead atoms. The Labute approximate surface area is 169 Å². The lowest BCUT2D eigenvalue weighted by Gasteiger charge is -2.33. The van der Waals surface area contributed by atoms with Gasteiger partial charge in [-0.3, -0.25) is 9.59 Å². The number of amides is 2. The third-order valence-corrected chi connectivity index (χ3v) is 5.36. The molecule has 0 unspecified atom stereocenters. The number of nitrogens with zero attached hydrogens (tertiary/aromatic N) is 2. The van der Waals surface area contributed by atoms with Gasteiger partial charge in [-0.2, -0.15) is 0 Å². The molecule has 156 valence electrons. The maximum absolute atomic E-state index is 12.8. The highest BCUT2D eigenvalue weighted by molar-refractivity contribution is 6.09. The van der Waals surface area contributed by atoms with Crippen LogP contribution in [0, 0.1) is 5.92 Å². The SMILES string of the molecule is COC(=O)C1=C(Nc2ccccc2N2CCC(C(N)=O)CC2)C(=O)N(CCO)C1. The quantitative estimate of drug-likeness (QED) is 0.551. The summed E-state index contributed by atoms with van der Waals surface area (Å²) in [5.74, 6) is -1.34. The number of primary amides is 1. The summed E-state index contributed by atoms with van der Waals surface area (Å²) in [6.45, 7) is 1.35. The maximum atomic E-state index is 12.8. The van der Waals surface area contributed by atoms with E-state index in [0.717, 1.165) is 5.69 Å². The number of β-amino-alcohol motifs (C(OH)–C–C–N with tert-alkyl or cyclic N) is 1. The van der Waals surface area contributed by atoms with Crippen LogP contribution >= 0.6 is 0 Å². The van der Waals surface area contributed by atoms with Crippen LogP contribution in [-0.2, 0) is 19.1 Å². The maximum Gasteiger partial charge on any atom is 0.337 e. The number of hydrogen-bond acceptors (Lipinski definition) is 7. The van der Waals surface area contributed by atoms with E-state index in [-0.39, 0.29) is 48.7 Å². The number of para-hydroxylation sites is 2. The molecule has 9 heteroatoms. The first-order valence-electron chi connectivity index (χ1n) is 9.58. The average Bonchev–Trinajstić information content (AvgIpc) is 3.04. The van der Waals surface area contributed by atoms with Gasteiger partial charge in [0.05, 0.1) is 37.2 Å². The van der Waals surface area contributed by atoms with E-state index >= 15 is 0 Å². The number of aliphatic hydroxyl groups excluding tert-OH is 1. The molecular formula is C20H26N4O5. The van der Waals surface area contributed by atoms with Crippen LogP contribution in [0.3, 0.4) is 0 Å². The largest absolute Gasteiger partial charge is 0.466 e. The summed E-state index contributed by atoms with van der Waals surface area (Å²) in [5.41, 5.74) is 7.36. The first-order valence-corrected chi connectivity index (χ1v) is 9.58. The van der Waals surface area contributed by atoms with Crippen molar-refractivity contribution in [1.29, 1.82) is 0 Å². The Kier molecular flexibility index (Phi) is 6.38. The molecule has 1 aromatic carbocycles. The van der Waals surface area contributed by atoms with Crippen LogP contribution in [0.25, 0.3) is 0 Å². The summed E-state index contributed by atoms with van der Waals surface area (Å²) in [4.78, 5) is 39.9. The minimum Gasteiger partial charge on any atom is -0.466 e. The number of hydrogen-bond donors (Lipinski definition) is 3. The topological polar surface area (TPSA) is 125 Å². The molecule has 0 radical (unpaired) electrons. The van der Waals surface area contributed by atoms with Crippen LogP contribution in [0.2, 0.25) is 0 Å². The Morgan fingerprint density at radius 2 is 1.97 bits per heavy atom. The van der Waals surface area contributed by atoms with Crippen LogP contribution in [-0.4, -0.2) is 67.7 Å². The van der Waals surface area contributed by atoms with Crippen LogP contribution in [0.15, 0.2) is 35.5 Å². The molecule has 3 rings (SSSR count). The zero-order valence-corrected chi connectivity index (χ0v) is 16.4. The van der Waals surface area contributed by atoms with Crippen molar-refractivity contribution in [2.24, 2.45) is 11.7 Å². The number of piperidine rings is 1. The normalized spacial score (nSPS) is 17.7. The average molecular weight is 402 g/mol. The highest BCUT2D eigenvalue weighted by Crippen LogP contribution is 2.32. The number of nitrogens with two attached hydrogens (primary N) is 1. The van der Waals surface area contributed by atoms with Gasteiger partial charge in [0.15, 0.2) is 0 Å². The summed E-state index contributed by atoms with van der Waals surface area (Å²) >= 11 is 0. The van der Waals surface area contributed by atoms with E-state index in [9.17, 15) is 19.5 Å². The van der Waals surface area contributed by atoms with Crippen molar-refractivity contribution in [3.8, 4) is 0 Å². The molecule has 2 amide bonds. The van der Waals surface area contributed by atoms with Gasteiger partial charge in [0.25, 0.3) is 5.91 Å². The van der Waals surface area contributed by atoms with E-state index < -0.39 is 5.97 Å². The molecule has 0 aliphatic carbocycles. The fraction of sp³-hybridized carbons (Fsp3) is 0.450. The lowest BCUT2D eigenvalue weighted by atomic mass is 9.96. The molecule has 29 heavy (non-hydrogen) atoms. The summed E-state index contributed by atoms with van der Waals surface area (Å²) in [6, 6.07) is 7.49. The third kappa shape index (κ3) is 4.34. The Hall–Kier alpha value is -3.07. The Morgan fingerprint density at radius 1 is 1.28 bits per heavy atom. The molecule has 2 aliphatic rings. The van der Waals surface area contributed by atoms with Gasteiger partial charge in [-0.05, 0) is 25.0 Å². The molecular weight excluding hydrogens is 376 g/mol. The second kappa shape index (κ2) is 8.95. The number of nitrogens with one attached hydrogen (secondary N) is 1. The summed E-state index contributed by atoms with van der Waals surface area (Å²) in [6.07, 6.45) is 1.34. The van der Waals surface area contributed by atoms with Gasteiger partial charge in [0, 0.05) is 25.6 Å². The lowest BCUT2D eigenvalue weighted by molar-refractivity contribution is -0.136. The monoisotopic (exact) mass is 402 g/mol. The number of esters is 1. The molecule has 1 aromatic rings. The minimum absolute atomic E-state index is 0.0839. The first kappa shape index (κ1) is 20.7. The van der Waals surface area contributed by atoms with Gasteiger partial charge < -0.3 is 30.7 Å². The number of benzene rings is 1. The van der Waals surface area contributed by atoms with E-state index in [4.69, 9.17) is 10.5 Å². The second-order valence-corrected chi connectivity index (χ2v) is 7.10. The van der Waals surface area contributed by atoms with Gasteiger partial charge >= 0.3 is 5.97 Å². The highest BCUT2D eigenvalue weighted by Gasteiger charge is 2.35. The van der Waals surface area contributed by atoms with Crippen LogP contribution in [0.1, 0.15) is 12.8 Å². The van der Waals surface area contributed by atoms with Crippen molar-refractivity contribution < 1.29 is 24.2 Å². The van der Waals surface area contributed by atoms with Crippen molar-refractivity contribution in [2.75, 3.05) is 50.1 Å². The van der Waals surface area contributed by atoms with Crippen molar-refractivity contribution in [1.82, 2.24) is 4.90 Å². The number of carbonyl (C=O) groups excluding carboxylic acids is 3. The number of anilines is 2. The second-order valence-electron chi connectivity index (χ2n) is 7.10. The summed E-state index contributed by atoms with van der Waals surface area (Å²) in [7, 11) is 1.27. The Balaban J connectivity index is 1.85. The standard InChI is InChI=1S/C20H26N4O5/c1-29-20(28)14-12-24(10-11-25)19(27)17(14)22-15-4-2-3-5-16(15)23-8-6-13(7-9-23)18(21)26/h2-5,13,22,25H,6-12H2,1H3,(H2,21,26). The zero-order chi connectivity index (χ0) is 21.0. The van der Waals surface area contributed by atoms with E-state index in [1.54, 1.807) is 0 Å². The summed E-state index contributed by atoms with van der Waals surface area (Å²) < 4.78 is 4.83. The molecule has 9 nitrogen and oxygen atoms in total. The van der Waals surface area contributed by atoms with Crippen molar-refractivity contribution >= 4 is 29.2 Å². The molecule has 1 saturated heterocycles. The zero-order valence-electron chi connectivity index (χ0n) is 16.4. The highest BCUT2D eigenvalue weighted by atomic mass is 16.5. The molecule has 0 atom stereocenters. The van der Waals surface area contributed by atoms with Crippen molar-refractivity contribution in [2.45, 2.75) is 12.8 Å². The van der Waals surface area contributed by atoms with Gasteiger partial charge in [-0.15, -0.1) is 0 Å². The molecule has 0 spiro atoms. The number of aliphatic hydroxyl groups is 1. The predicted octanol–water partition coefficient (Wildman–Crippen LogP) is 0.0618. The van der Waals surface area contributed by atoms with Crippen molar-refractivity contribution in [3.63, 3.8) is 0 Å². The molecule has 2 heterocycles. The molecule has 4 N–H and O–H groups in total. The number of rotatable bonds is 7. The van der Waals surface area contributed by atoms with Gasteiger partial charge in [-0.1, -0.05) is 12.1 Å². The molecule has 1 fully saturated rings. The van der Waals surface area contributed by atoms with Gasteiger partial charge in [-0.25, -0.2) is 4.79 Å².